The monoisotopic (exact) mass is 279 g/mol. The summed E-state index contributed by atoms with van der Waals surface area (Å²) in [5.41, 5.74) is 5.63. The zero-order chi connectivity index (χ0) is 14.8. The van der Waals surface area contributed by atoms with Crippen LogP contribution in [0.5, 0.6) is 5.75 Å². The lowest BCUT2D eigenvalue weighted by atomic mass is 10.2. The molecular formula is C14H21N3O3. The predicted octanol–water partition coefficient (Wildman–Crippen LogP) is 1.86. The van der Waals surface area contributed by atoms with Crippen molar-refractivity contribution in [3.8, 4) is 5.75 Å². The lowest BCUT2D eigenvalue weighted by Crippen LogP contribution is -2.29. The first-order chi connectivity index (χ1) is 9.61. The SMILES string of the molecule is CCCCCNC(=O)Nc1ccc(OCC(N)=O)cc1. The van der Waals surface area contributed by atoms with Gasteiger partial charge in [-0.1, -0.05) is 19.8 Å². The molecule has 3 amide bonds. The number of ether oxygens (including phenoxy) is 1. The van der Waals surface area contributed by atoms with Crippen LogP contribution < -0.4 is 21.1 Å². The van der Waals surface area contributed by atoms with Gasteiger partial charge in [0.1, 0.15) is 5.75 Å². The average Bonchev–Trinajstić information content (AvgIpc) is 2.43. The Labute approximate surface area is 118 Å². The molecule has 0 bridgehead atoms. The fourth-order valence-corrected chi connectivity index (χ4v) is 1.54. The van der Waals surface area contributed by atoms with Gasteiger partial charge in [0, 0.05) is 12.2 Å². The maximum absolute atomic E-state index is 11.6. The van der Waals surface area contributed by atoms with Crippen LogP contribution in [0, 0.1) is 0 Å². The molecule has 0 atom stereocenters. The standard InChI is InChI=1S/C14H21N3O3/c1-2-3-4-9-16-14(19)17-11-5-7-12(8-6-11)20-10-13(15)18/h5-8H,2-4,9-10H2,1H3,(H2,15,18)(H2,16,17,19). The van der Waals surface area contributed by atoms with Crippen molar-refractivity contribution in [2.45, 2.75) is 26.2 Å². The van der Waals surface area contributed by atoms with Crippen LogP contribution in [-0.2, 0) is 4.79 Å². The summed E-state index contributed by atoms with van der Waals surface area (Å²) >= 11 is 0. The molecule has 0 radical (unpaired) electrons. The highest BCUT2D eigenvalue weighted by atomic mass is 16.5. The van der Waals surface area contributed by atoms with E-state index in [2.05, 4.69) is 17.6 Å². The molecule has 0 spiro atoms. The van der Waals surface area contributed by atoms with Crippen molar-refractivity contribution in [3.63, 3.8) is 0 Å². The molecule has 0 fully saturated rings. The smallest absolute Gasteiger partial charge is 0.319 e. The fraction of sp³-hybridized carbons (Fsp3) is 0.429. The number of amides is 3. The quantitative estimate of drug-likeness (QED) is 0.634. The molecule has 1 rings (SSSR count). The highest BCUT2D eigenvalue weighted by molar-refractivity contribution is 5.89. The topological polar surface area (TPSA) is 93.4 Å². The van der Waals surface area contributed by atoms with Gasteiger partial charge in [-0.2, -0.15) is 0 Å². The number of nitrogens with two attached hydrogens (primary N) is 1. The molecule has 0 aromatic heterocycles. The highest BCUT2D eigenvalue weighted by Gasteiger charge is 2.02. The third kappa shape index (κ3) is 6.63. The van der Waals surface area contributed by atoms with Crippen molar-refractivity contribution < 1.29 is 14.3 Å². The Balaban J connectivity index is 2.33. The molecule has 4 N–H and O–H groups in total. The van der Waals surface area contributed by atoms with Crippen molar-refractivity contribution in [2.24, 2.45) is 5.73 Å². The second-order valence-electron chi connectivity index (χ2n) is 4.37. The number of hydrogen-bond donors (Lipinski definition) is 3. The number of carbonyl (C=O) groups excluding carboxylic acids is 2. The minimum absolute atomic E-state index is 0.162. The molecule has 0 aliphatic heterocycles. The number of hydrogen-bond acceptors (Lipinski definition) is 3. The van der Waals surface area contributed by atoms with E-state index in [0.717, 1.165) is 19.3 Å². The van der Waals surface area contributed by atoms with E-state index in [1.807, 2.05) is 0 Å². The van der Waals surface area contributed by atoms with Gasteiger partial charge in [-0.05, 0) is 30.7 Å². The lowest BCUT2D eigenvalue weighted by molar-refractivity contribution is -0.119. The Morgan fingerprint density at radius 2 is 1.90 bits per heavy atom. The maximum atomic E-state index is 11.6. The molecule has 1 aromatic rings. The van der Waals surface area contributed by atoms with Gasteiger partial charge < -0.3 is 21.1 Å². The normalized spacial score (nSPS) is 9.85. The summed E-state index contributed by atoms with van der Waals surface area (Å²) in [7, 11) is 0. The number of urea groups is 1. The van der Waals surface area contributed by atoms with Gasteiger partial charge in [-0.3, -0.25) is 4.79 Å². The van der Waals surface area contributed by atoms with Gasteiger partial charge in [0.05, 0.1) is 0 Å². The van der Waals surface area contributed by atoms with Crippen LogP contribution in [0.15, 0.2) is 24.3 Å². The van der Waals surface area contributed by atoms with E-state index in [0.29, 0.717) is 18.0 Å². The van der Waals surface area contributed by atoms with Gasteiger partial charge in [0.2, 0.25) is 0 Å². The Morgan fingerprint density at radius 3 is 2.50 bits per heavy atom. The number of primary amides is 1. The Bertz CT molecular complexity index is 432. The molecule has 0 aliphatic rings. The van der Waals surface area contributed by atoms with Crippen molar-refractivity contribution in [2.75, 3.05) is 18.5 Å². The summed E-state index contributed by atoms with van der Waals surface area (Å²) in [5.74, 6) is -0.00337. The first kappa shape index (κ1) is 15.8. The summed E-state index contributed by atoms with van der Waals surface area (Å²) in [6.07, 6.45) is 3.20. The first-order valence-electron chi connectivity index (χ1n) is 6.68. The summed E-state index contributed by atoms with van der Waals surface area (Å²) in [6, 6.07) is 6.49. The van der Waals surface area contributed by atoms with Crippen LogP contribution in [0.25, 0.3) is 0 Å². The number of carbonyl (C=O) groups is 2. The third-order valence-corrected chi connectivity index (χ3v) is 2.56. The molecule has 6 heteroatoms. The van der Waals surface area contributed by atoms with E-state index in [-0.39, 0.29) is 12.6 Å². The van der Waals surface area contributed by atoms with Crippen LogP contribution in [-0.4, -0.2) is 25.1 Å². The van der Waals surface area contributed by atoms with Crippen LogP contribution in [0.2, 0.25) is 0 Å². The molecule has 0 unspecified atom stereocenters. The van der Waals surface area contributed by atoms with Crippen LogP contribution >= 0.6 is 0 Å². The van der Waals surface area contributed by atoms with Crippen molar-refractivity contribution in [1.82, 2.24) is 5.32 Å². The van der Waals surface area contributed by atoms with Gasteiger partial charge in [0.25, 0.3) is 5.91 Å². The summed E-state index contributed by atoms with van der Waals surface area (Å²) < 4.78 is 5.12. The number of rotatable bonds is 8. The molecule has 1 aromatic carbocycles. The molecule has 110 valence electrons. The molecule has 0 saturated heterocycles. The molecule has 0 heterocycles. The summed E-state index contributed by atoms with van der Waals surface area (Å²) in [6.45, 7) is 2.62. The third-order valence-electron chi connectivity index (χ3n) is 2.56. The lowest BCUT2D eigenvalue weighted by Gasteiger charge is -2.08. The van der Waals surface area contributed by atoms with Gasteiger partial charge in [-0.25, -0.2) is 4.79 Å². The molecule has 20 heavy (non-hydrogen) atoms. The molecule has 0 aliphatic carbocycles. The fourth-order valence-electron chi connectivity index (χ4n) is 1.54. The number of anilines is 1. The van der Waals surface area contributed by atoms with Crippen molar-refractivity contribution in [1.29, 1.82) is 0 Å². The number of benzene rings is 1. The molecule has 0 saturated carbocycles. The molecule has 6 nitrogen and oxygen atoms in total. The van der Waals surface area contributed by atoms with E-state index >= 15 is 0 Å². The van der Waals surface area contributed by atoms with E-state index in [9.17, 15) is 9.59 Å². The van der Waals surface area contributed by atoms with Gasteiger partial charge >= 0.3 is 6.03 Å². The second kappa shape index (κ2) is 8.79. The van der Waals surface area contributed by atoms with Gasteiger partial charge in [0.15, 0.2) is 6.61 Å². The number of unbranched alkanes of at least 4 members (excludes halogenated alkanes) is 2. The minimum Gasteiger partial charge on any atom is -0.484 e. The van der Waals surface area contributed by atoms with E-state index in [1.54, 1.807) is 24.3 Å². The zero-order valence-electron chi connectivity index (χ0n) is 11.6. The Kier molecular flexibility index (Phi) is 6.95. The average molecular weight is 279 g/mol. The Morgan fingerprint density at radius 1 is 1.20 bits per heavy atom. The second-order valence-corrected chi connectivity index (χ2v) is 4.37. The van der Waals surface area contributed by atoms with Crippen LogP contribution in [0.1, 0.15) is 26.2 Å². The summed E-state index contributed by atoms with van der Waals surface area (Å²) in [4.78, 5) is 22.1. The van der Waals surface area contributed by atoms with Crippen molar-refractivity contribution in [3.05, 3.63) is 24.3 Å². The van der Waals surface area contributed by atoms with Crippen LogP contribution in [0.4, 0.5) is 10.5 Å². The van der Waals surface area contributed by atoms with Crippen LogP contribution in [0.3, 0.4) is 0 Å². The first-order valence-corrected chi connectivity index (χ1v) is 6.68. The van der Waals surface area contributed by atoms with E-state index < -0.39 is 5.91 Å². The largest absolute Gasteiger partial charge is 0.484 e. The van der Waals surface area contributed by atoms with Gasteiger partial charge in [-0.15, -0.1) is 0 Å². The van der Waals surface area contributed by atoms with E-state index in [1.165, 1.54) is 0 Å². The Hall–Kier alpha value is -2.24. The zero-order valence-corrected chi connectivity index (χ0v) is 11.6. The predicted molar refractivity (Wildman–Crippen MR) is 77.7 cm³/mol. The minimum atomic E-state index is -0.529. The van der Waals surface area contributed by atoms with Crippen molar-refractivity contribution >= 4 is 17.6 Å². The molecular weight excluding hydrogens is 258 g/mol. The van der Waals surface area contributed by atoms with E-state index in [4.69, 9.17) is 10.5 Å². The summed E-state index contributed by atoms with van der Waals surface area (Å²) in [5, 5.41) is 5.49. The number of nitrogens with one attached hydrogen (secondary N) is 2. The highest BCUT2D eigenvalue weighted by Crippen LogP contribution is 2.15. The maximum Gasteiger partial charge on any atom is 0.319 e.